The third-order valence-corrected chi connectivity index (χ3v) is 0.857. The van der Waals surface area contributed by atoms with Gasteiger partial charge in [0, 0.05) is 7.05 Å². The molecule has 0 saturated carbocycles. The Morgan fingerprint density at radius 1 is 1.86 bits per heavy atom. The van der Waals surface area contributed by atoms with Gasteiger partial charge < -0.3 is 0 Å². The van der Waals surface area contributed by atoms with Crippen LogP contribution < -0.4 is 0 Å². The maximum absolute atomic E-state index is 3.59. The van der Waals surface area contributed by atoms with Gasteiger partial charge in [0.05, 0.1) is 0 Å². The van der Waals surface area contributed by atoms with Crippen molar-refractivity contribution in [2.24, 2.45) is 7.05 Å². The molecule has 7 heavy (non-hydrogen) atoms. The van der Waals surface area contributed by atoms with Crippen LogP contribution >= 0.6 is 15.9 Å². The molecule has 37 valence electrons. The molecule has 0 unspecified atom stereocenters. The number of aromatic nitrogens is 3. The molecule has 1 aromatic rings. The summed E-state index contributed by atoms with van der Waals surface area (Å²) in [4.78, 5) is 0. The highest BCUT2D eigenvalue weighted by molar-refractivity contribution is 9.10. The number of rotatable bonds is 0. The van der Waals surface area contributed by atoms with Crippen LogP contribution in [0.3, 0.4) is 0 Å². The Balaban J connectivity index is 3.04. The first-order valence-electron chi connectivity index (χ1n) is 1.73. The molecule has 0 aromatic carbocycles. The van der Waals surface area contributed by atoms with Crippen LogP contribution in [0.5, 0.6) is 0 Å². The van der Waals surface area contributed by atoms with Crippen LogP contribution in [0, 0.1) is 6.20 Å². The molecular formula is C3H3BrN3. The molecule has 1 radical (unpaired) electrons. The van der Waals surface area contributed by atoms with Crippen molar-refractivity contribution in [3.63, 3.8) is 0 Å². The molecule has 0 atom stereocenters. The lowest BCUT2D eigenvalue weighted by atomic mass is 10.9. The lowest BCUT2D eigenvalue weighted by molar-refractivity contribution is 0.710. The number of halogens is 1. The highest BCUT2D eigenvalue weighted by atomic mass is 79.9. The number of aryl methyl sites for hydroxylation is 1. The zero-order valence-electron chi connectivity index (χ0n) is 3.72. The second-order valence-corrected chi connectivity index (χ2v) is 1.87. The van der Waals surface area contributed by atoms with E-state index in [2.05, 4.69) is 32.4 Å². The predicted octanol–water partition coefficient (Wildman–Crippen LogP) is 0.378. The Morgan fingerprint density at radius 3 is 2.71 bits per heavy atom. The van der Waals surface area contributed by atoms with Crippen LogP contribution in [0.2, 0.25) is 0 Å². The van der Waals surface area contributed by atoms with Crippen molar-refractivity contribution in [1.82, 2.24) is 15.0 Å². The SMILES string of the molecule is Cn1[c]c(Br)nn1. The van der Waals surface area contributed by atoms with Gasteiger partial charge in [0.15, 0.2) is 4.60 Å². The van der Waals surface area contributed by atoms with Gasteiger partial charge in [-0.05, 0) is 15.9 Å². The summed E-state index contributed by atoms with van der Waals surface area (Å²) in [6.45, 7) is 0. The summed E-state index contributed by atoms with van der Waals surface area (Å²) in [5.41, 5.74) is 0. The van der Waals surface area contributed by atoms with Crippen LogP contribution in [0.25, 0.3) is 0 Å². The summed E-state index contributed by atoms with van der Waals surface area (Å²) >= 11 is 3.08. The van der Waals surface area contributed by atoms with Gasteiger partial charge in [-0.1, -0.05) is 5.21 Å². The summed E-state index contributed by atoms with van der Waals surface area (Å²) in [6, 6.07) is 0. The standard InChI is InChI=1S/C3H3BrN3/c1-7-2-3(4)5-6-7/h1H3. The first-order chi connectivity index (χ1) is 3.29. The monoisotopic (exact) mass is 160 g/mol. The Bertz CT molecular complexity index is 142. The van der Waals surface area contributed by atoms with Crippen molar-refractivity contribution in [3.8, 4) is 0 Å². The summed E-state index contributed by atoms with van der Waals surface area (Å²) in [5, 5.41) is 7.17. The average Bonchev–Trinajstić information content (AvgIpc) is 1.87. The summed E-state index contributed by atoms with van der Waals surface area (Å²) in [7, 11) is 1.76. The number of nitrogens with zero attached hydrogens (tertiary/aromatic N) is 3. The van der Waals surface area contributed by atoms with E-state index in [1.54, 1.807) is 7.05 Å². The first-order valence-corrected chi connectivity index (χ1v) is 2.53. The lowest BCUT2D eigenvalue weighted by Crippen LogP contribution is -1.86. The lowest BCUT2D eigenvalue weighted by Gasteiger charge is -1.73. The van der Waals surface area contributed by atoms with E-state index in [-0.39, 0.29) is 0 Å². The van der Waals surface area contributed by atoms with E-state index in [0.717, 1.165) is 0 Å². The third-order valence-electron chi connectivity index (χ3n) is 0.521. The van der Waals surface area contributed by atoms with Crippen LogP contribution in [0.4, 0.5) is 0 Å². The van der Waals surface area contributed by atoms with E-state index in [1.807, 2.05) is 0 Å². The van der Waals surface area contributed by atoms with Crippen LogP contribution in [0.15, 0.2) is 4.60 Å². The van der Waals surface area contributed by atoms with E-state index in [4.69, 9.17) is 0 Å². The molecule has 1 rings (SSSR count). The smallest absolute Gasteiger partial charge is 0.158 e. The van der Waals surface area contributed by atoms with E-state index in [1.165, 1.54) is 4.68 Å². The highest BCUT2D eigenvalue weighted by Crippen LogP contribution is 1.97. The minimum atomic E-state index is 0.648. The normalized spacial score (nSPS) is 9.43. The highest BCUT2D eigenvalue weighted by Gasteiger charge is 1.87. The molecular weight excluding hydrogens is 158 g/mol. The Kier molecular flexibility index (Phi) is 1.10. The van der Waals surface area contributed by atoms with E-state index in [9.17, 15) is 0 Å². The Hall–Kier alpha value is -0.380. The van der Waals surface area contributed by atoms with Gasteiger partial charge in [-0.15, -0.1) is 5.10 Å². The first kappa shape index (κ1) is 4.77. The minimum Gasteiger partial charge on any atom is -0.245 e. The van der Waals surface area contributed by atoms with E-state index >= 15 is 0 Å². The zero-order chi connectivity index (χ0) is 5.28. The fraction of sp³-hybridized carbons (Fsp3) is 0.333. The van der Waals surface area contributed by atoms with Gasteiger partial charge in [-0.3, -0.25) is 0 Å². The molecule has 4 heteroatoms. The maximum atomic E-state index is 3.59. The van der Waals surface area contributed by atoms with Crippen molar-refractivity contribution in [1.29, 1.82) is 0 Å². The zero-order valence-corrected chi connectivity index (χ0v) is 5.31. The predicted molar refractivity (Wildman–Crippen MR) is 27.5 cm³/mol. The fourth-order valence-corrected chi connectivity index (χ4v) is 0.612. The molecule has 0 aliphatic rings. The Morgan fingerprint density at radius 2 is 2.57 bits per heavy atom. The van der Waals surface area contributed by atoms with Crippen LogP contribution in [-0.4, -0.2) is 15.0 Å². The molecule has 1 heterocycles. The van der Waals surface area contributed by atoms with Gasteiger partial charge in [0.2, 0.25) is 0 Å². The van der Waals surface area contributed by atoms with Crippen molar-refractivity contribution < 1.29 is 0 Å². The van der Waals surface area contributed by atoms with Gasteiger partial charge in [0.25, 0.3) is 0 Å². The molecule has 0 bridgehead atoms. The van der Waals surface area contributed by atoms with Crippen molar-refractivity contribution in [3.05, 3.63) is 10.8 Å². The topological polar surface area (TPSA) is 30.7 Å². The second kappa shape index (κ2) is 1.61. The van der Waals surface area contributed by atoms with Gasteiger partial charge in [0.1, 0.15) is 6.20 Å². The van der Waals surface area contributed by atoms with E-state index in [0.29, 0.717) is 4.60 Å². The largest absolute Gasteiger partial charge is 0.245 e. The molecule has 0 saturated heterocycles. The molecule has 0 aliphatic carbocycles. The molecule has 0 spiro atoms. The molecule has 0 fully saturated rings. The summed E-state index contributed by atoms with van der Waals surface area (Å²) in [6.07, 6.45) is 2.75. The molecule has 0 N–H and O–H groups in total. The average molecular weight is 161 g/mol. The third kappa shape index (κ3) is 0.991. The second-order valence-electron chi connectivity index (χ2n) is 1.12. The molecule has 0 aliphatic heterocycles. The van der Waals surface area contributed by atoms with Crippen molar-refractivity contribution >= 4 is 15.9 Å². The van der Waals surface area contributed by atoms with E-state index < -0.39 is 0 Å². The quantitative estimate of drug-likeness (QED) is 0.550. The van der Waals surface area contributed by atoms with Gasteiger partial charge in [-0.25, -0.2) is 4.68 Å². The van der Waals surface area contributed by atoms with Crippen molar-refractivity contribution in [2.75, 3.05) is 0 Å². The molecule has 1 aromatic heterocycles. The summed E-state index contributed by atoms with van der Waals surface area (Å²) < 4.78 is 2.15. The number of hydrogen-bond donors (Lipinski definition) is 0. The summed E-state index contributed by atoms with van der Waals surface area (Å²) in [5.74, 6) is 0. The molecule has 3 nitrogen and oxygen atoms in total. The van der Waals surface area contributed by atoms with Crippen LogP contribution in [0.1, 0.15) is 0 Å². The van der Waals surface area contributed by atoms with Gasteiger partial charge in [-0.2, -0.15) is 0 Å². The maximum Gasteiger partial charge on any atom is 0.158 e. The fourth-order valence-electron chi connectivity index (χ4n) is 0.285. The number of hydrogen-bond acceptors (Lipinski definition) is 2. The van der Waals surface area contributed by atoms with Crippen LogP contribution in [-0.2, 0) is 7.05 Å². The van der Waals surface area contributed by atoms with Gasteiger partial charge >= 0.3 is 0 Å². The Labute approximate surface area is 49.5 Å². The molecule has 0 amide bonds. The minimum absolute atomic E-state index is 0.648. The van der Waals surface area contributed by atoms with Crippen molar-refractivity contribution in [2.45, 2.75) is 0 Å².